The third-order valence-corrected chi connectivity index (χ3v) is 3.13. The number of rotatable bonds is 0. The van der Waals surface area contributed by atoms with Crippen LogP contribution in [-0.2, 0) is 7.05 Å². The van der Waals surface area contributed by atoms with Gasteiger partial charge in [0.15, 0.2) is 0 Å². The van der Waals surface area contributed by atoms with E-state index in [0.717, 1.165) is 0 Å². The molecule has 0 fully saturated rings. The summed E-state index contributed by atoms with van der Waals surface area (Å²) in [5.74, 6) is 0. The van der Waals surface area contributed by atoms with Gasteiger partial charge in [0.25, 0.3) is 0 Å². The van der Waals surface area contributed by atoms with Crippen LogP contribution in [0.1, 0.15) is 41.5 Å². The Morgan fingerprint density at radius 3 is 1.94 bits per heavy atom. The van der Waals surface area contributed by atoms with Crippen LogP contribution in [0, 0.1) is 10.8 Å². The van der Waals surface area contributed by atoms with Gasteiger partial charge in [-0.05, 0) is 11.3 Å². The Bertz CT molecular complexity index is 539. The highest BCUT2D eigenvalue weighted by Crippen LogP contribution is 2.26. The zero-order valence-electron chi connectivity index (χ0n) is 12.9. The summed E-state index contributed by atoms with van der Waals surface area (Å²) in [7, 11) is 2.11. The van der Waals surface area contributed by atoms with E-state index < -0.39 is 0 Å². The van der Waals surface area contributed by atoms with Gasteiger partial charge in [0.1, 0.15) is 0 Å². The van der Waals surface area contributed by atoms with E-state index in [4.69, 9.17) is 0 Å². The van der Waals surface area contributed by atoms with Crippen LogP contribution in [0.25, 0.3) is 12.2 Å². The van der Waals surface area contributed by atoms with Crippen molar-refractivity contribution in [2.24, 2.45) is 17.9 Å². The van der Waals surface area contributed by atoms with Gasteiger partial charge in [-0.15, -0.1) is 0 Å². The first-order valence-electron chi connectivity index (χ1n) is 6.87. The Kier molecular flexibility index (Phi) is 4.26. The van der Waals surface area contributed by atoms with Crippen LogP contribution in [0.2, 0.25) is 0 Å². The predicted octanol–water partition coefficient (Wildman–Crippen LogP) is 3.23. The summed E-state index contributed by atoms with van der Waals surface area (Å²) >= 11 is 0. The average molecular weight is 245 g/mol. The molecule has 0 saturated heterocycles. The molecule has 18 heavy (non-hydrogen) atoms. The average Bonchev–Trinajstić information content (AvgIpc) is 2.60. The minimum atomic E-state index is 0.117. The molecule has 1 aliphatic rings. The van der Waals surface area contributed by atoms with E-state index >= 15 is 0 Å². The lowest BCUT2D eigenvalue weighted by Gasteiger charge is -2.22. The molecular weight excluding hydrogens is 218 g/mol. The topological polar surface area (TPSA) is 4.93 Å². The second kappa shape index (κ2) is 5.17. The summed E-state index contributed by atoms with van der Waals surface area (Å²) in [5.41, 5.74) is 0.244. The van der Waals surface area contributed by atoms with Crippen LogP contribution in [0.4, 0.5) is 0 Å². The van der Waals surface area contributed by atoms with Gasteiger partial charge in [0.2, 0.25) is 0 Å². The molecule has 0 atom stereocenters. The zero-order valence-corrected chi connectivity index (χ0v) is 12.9. The normalized spacial score (nSPS) is 24.8. The molecule has 0 radical (unpaired) electrons. The highest BCUT2D eigenvalue weighted by Gasteiger charge is 2.17. The largest absolute Gasteiger partial charge is 0.351 e. The van der Waals surface area contributed by atoms with Gasteiger partial charge < -0.3 is 4.57 Å². The Morgan fingerprint density at radius 2 is 1.39 bits per heavy atom. The van der Waals surface area contributed by atoms with Crippen molar-refractivity contribution >= 4 is 12.2 Å². The first kappa shape index (κ1) is 14.8. The molecule has 1 aliphatic carbocycles. The molecule has 0 amide bonds. The smallest absolute Gasteiger partial charge is 0.0442 e. The minimum absolute atomic E-state index is 0.117. The molecule has 100 valence electrons. The summed E-state index contributed by atoms with van der Waals surface area (Å²) in [6, 6.07) is 2.20. The predicted molar refractivity (Wildman–Crippen MR) is 81.6 cm³/mol. The molecule has 0 bridgehead atoms. The molecule has 2 rings (SSSR count). The van der Waals surface area contributed by atoms with Crippen molar-refractivity contribution in [1.82, 2.24) is 4.57 Å². The van der Waals surface area contributed by atoms with Gasteiger partial charge in [-0.3, -0.25) is 0 Å². The number of nitrogens with zero attached hydrogens (tertiary/aromatic N) is 1. The number of fused-ring (bicyclic) bond motifs is 1. The minimum Gasteiger partial charge on any atom is -0.351 e. The van der Waals surface area contributed by atoms with Gasteiger partial charge in [-0.2, -0.15) is 0 Å². The van der Waals surface area contributed by atoms with E-state index in [1.54, 1.807) is 0 Å². The van der Waals surface area contributed by atoms with E-state index in [1.807, 2.05) is 13.8 Å². The molecule has 0 unspecified atom stereocenters. The van der Waals surface area contributed by atoms with Gasteiger partial charge in [-0.25, -0.2) is 0 Å². The molecule has 1 aromatic rings. The molecule has 0 spiro atoms. The summed E-state index contributed by atoms with van der Waals surface area (Å²) in [6.07, 6.45) is 11.4. The summed E-state index contributed by atoms with van der Waals surface area (Å²) < 4.78 is 2.20. The quantitative estimate of drug-likeness (QED) is 0.618. The molecule has 0 aliphatic heterocycles. The van der Waals surface area contributed by atoms with Crippen molar-refractivity contribution in [2.75, 3.05) is 0 Å². The van der Waals surface area contributed by atoms with Crippen LogP contribution in [0.5, 0.6) is 0 Å². The molecule has 0 aromatic carbocycles. The first-order valence-corrected chi connectivity index (χ1v) is 6.87. The van der Waals surface area contributed by atoms with Crippen molar-refractivity contribution in [3.8, 4) is 0 Å². The maximum atomic E-state index is 2.34. The van der Waals surface area contributed by atoms with Crippen LogP contribution < -0.4 is 10.6 Å². The molecule has 0 saturated carbocycles. The second-order valence-corrected chi connectivity index (χ2v) is 6.03. The van der Waals surface area contributed by atoms with Crippen LogP contribution in [0.3, 0.4) is 0 Å². The number of hydrogen-bond acceptors (Lipinski definition) is 0. The van der Waals surface area contributed by atoms with Crippen molar-refractivity contribution in [1.29, 1.82) is 0 Å². The van der Waals surface area contributed by atoms with Crippen LogP contribution in [0.15, 0.2) is 24.4 Å². The number of aromatic nitrogens is 1. The SMILES string of the molecule is CC.Cn1ccc2/c1=C\C(C)(C)/C=C\C(C)(C)\C=2. The first-order chi connectivity index (χ1) is 8.29. The van der Waals surface area contributed by atoms with Gasteiger partial charge in [0, 0.05) is 29.4 Å². The molecule has 1 nitrogen and oxygen atoms in total. The standard InChI is InChI=1S/C15H21N.C2H6/c1-14(2)7-8-15(3,4)11-13-12(10-14)6-9-16(13)5;1-2/h6-11H,1-5H3;1-2H3/b8-7-,12-10-,13-11+;. The fourth-order valence-corrected chi connectivity index (χ4v) is 2.15. The van der Waals surface area contributed by atoms with Crippen molar-refractivity contribution < 1.29 is 0 Å². The maximum absolute atomic E-state index is 2.34. The fraction of sp³-hybridized carbons (Fsp3) is 0.529. The third kappa shape index (κ3) is 3.38. The lowest BCUT2D eigenvalue weighted by molar-refractivity contribution is 0.614. The Morgan fingerprint density at radius 1 is 0.889 bits per heavy atom. The monoisotopic (exact) mass is 245 g/mol. The summed E-state index contributed by atoms with van der Waals surface area (Å²) in [5, 5.41) is 2.66. The van der Waals surface area contributed by atoms with Crippen molar-refractivity contribution in [3.05, 3.63) is 35.0 Å². The number of allylic oxidation sites excluding steroid dienone is 2. The molecule has 1 heterocycles. The lowest BCUT2D eigenvalue weighted by Crippen LogP contribution is -2.32. The highest BCUT2D eigenvalue weighted by atomic mass is 14.9. The number of aryl methyl sites for hydroxylation is 1. The molecular formula is C17H27N. The molecule has 1 heteroatoms. The van der Waals surface area contributed by atoms with Gasteiger partial charge >= 0.3 is 0 Å². The van der Waals surface area contributed by atoms with Gasteiger partial charge in [-0.1, -0.05) is 65.8 Å². The summed E-state index contributed by atoms with van der Waals surface area (Å²) in [6.45, 7) is 13.0. The van der Waals surface area contributed by atoms with Crippen molar-refractivity contribution in [2.45, 2.75) is 41.5 Å². The summed E-state index contributed by atoms with van der Waals surface area (Å²) in [4.78, 5) is 0. The van der Waals surface area contributed by atoms with E-state index in [0.29, 0.717) is 0 Å². The highest BCUT2D eigenvalue weighted by molar-refractivity contribution is 5.44. The molecule has 1 aromatic heterocycles. The van der Waals surface area contributed by atoms with Crippen LogP contribution >= 0.6 is 0 Å². The van der Waals surface area contributed by atoms with E-state index in [9.17, 15) is 0 Å². The van der Waals surface area contributed by atoms with E-state index in [1.165, 1.54) is 10.6 Å². The second-order valence-electron chi connectivity index (χ2n) is 6.03. The number of hydrogen-bond donors (Lipinski definition) is 0. The Labute approximate surface area is 112 Å². The van der Waals surface area contributed by atoms with E-state index in [2.05, 4.69) is 75.9 Å². The zero-order chi connectivity index (χ0) is 14.0. The third-order valence-electron chi connectivity index (χ3n) is 3.13. The molecule has 0 N–H and O–H groups in total. The maximum Gasteiger partial charge on any atom is 0.0442 e. The lowest BCUT2D eigenvalue weighted by atomic mass is 9.83. The Hall–Kier alpha value is -1.24. The van der Waals surface area contributed by atoms with Crippen molar-refractivity contribution in [3.63, 3.8) is 0 Å². The van der Waals surface area contributed by atoms with Crippen LogP contribution in [-0.4, -0.2) is 4.57 Å². The van der Waals surface area contributed by atoms with Gasteiger partial charge in [0.05, 0.1) is 0 Å². The Balaban J connectivity index is 0.000000771. The fourth-order valence-electron chi connectivity index (χ4n) is 2.15. The van der Waals surface area contributed by atoms with E-state index in [-0.39, 0.29) is 10.8 Å².